The number of imidazole rings is 2. The van der Waals surface area contributed by atoms with Crippen LogP contribution >= 0.6 is 0 Å². The number of phenolic OH excluding ortho intramolecular Hbond substituents is 1. The van der Waals surface area contributed by atoms with Crippen LogP contribution in [-0.2, 0) is 28.6 Å². The zero-order valence-electron chi connectivity index (χ0n) is 34.5. The number of benzene rings is 2. The summed E-state index contributed by atoms with van der Waals surface area (Å²) in [6.07, 6.45) is 13.3. The van der Waals surface area contributed by atoms with Gasteiger partial charge >= 0.3 is 5.69 Å². The number of imide groups is 1. The lowest BCUT2D eigenvalue weighted by atomic mass is 9.53. The molecule has 4 aromatic heterocycles. The van der Waals surface area contributed by atoms with Crippen molar-refractivity contribution in [3.8, 4) is 16.9 Å². The molecule has 63 heavy (non-hydrogen) atoms. The molecule has 11 rings (SSSR count). The van der Waals surface area contributed by atoms with Gasteiger partial charge in [0.25, 0.3) is 5.91 Å². The van der Waals surface area contributed by atoms with Gasteiger partial charge in [0.1, 0.15) is 11.7 Å². The summed E-state index contributed by atoms with van der Waals surface area (Å²) in [4.78, 5) is 69.3. The lowest BCUT2D eigenvalue weighted by molar-refractivity contribution is -0.135. The summed E-state index contributed by atoms with van der Waals surface area (Å²) in [5, 5.41) is 14.4. The first-order valence-corrected chi connectivity index (χ1v) is 21.3. The highest BCUT2D eigenvalue weighted by Gasteiger charge is 2.50. The summed E-state index contributed by atoms with van der Waals surface area (Å²) >= 11 is 0. The average Bonchev–Trinajstić information content (AvgIpc) is 3.85. The molecule has 1 unspecified atom stereocenters. The monoisotopic (exact) mass is 862 g/mol. The third-order valence-electron chi connectivity index (χ3n) is 14.1. The highest BCUT2D eigenvalue weighted by Crippen LogP contribution is 2.57. The molecule has 6 aromatic rings. The van der Waals surface area contributed by atoms with E-state index in [0.29, 0.717) is 30.5 Å². The van der Waals surface area contributed by atoms with Gasteiger partial charge in [-0.15, -0.1) is 0 Å². The van der Waals surface area contributed by atoms with Gasteiger partial charge in [-0.3, -0.25) is 33.7 Å². The topological polar surface area (TPSA) is 172 Å². The van der Waals surface area contributed by atoms with Crippen LogP contribution in [0.15, 0.2) is 66.0 Å². The number of hydrogen-bond acceptors (Lipinski definition) is 10. The standard InChI is InChI=1S/C45H45F3N10O5/c1-54-33-18-26(2-3-31(33)58(43(54)63)32-4-5-36(59)53-41(32)62)23-55-14-16-56(17-15-55)42-49-21-28(22-50-42)27-6-13-57-24-34(52-35(57)19-27)45-10-7-44(8-11-45,9-12-45)25-51-40(61)29-20-30(46)39(60)38(48)37(29)47/h2-3,6,13,18-22,24,32,60H,4-5,7-12,14-17,23,25H2,1H3,(H,51,61)(H,53,59,62). The second-order valence-electron chi connectivity index (χ2n) is 17.7. The van der Waals surface area contributed by atoms with Crippen LogP contribution in [0.4, 0.5) is 19.1 Å². The van der Waals surface area contributed by atoms with Crippen molar-refractivity contribution in [3.63, 3.8) is 0 Å². The predicted octanol–water partition coefficient (Wildman–Crippen LogP) is 4.89. The van der Waals surface area contributed by atoms with E-state index in [0.717, 1.165) is 98.3 Å². The molecule has 1 atom stereocenters. The van der Waals surface area contributed by atoms with Crippen LogP contribution in [0.3, 0.4) is 0 Å². The van der Waals surface area contributed by atoms with Gasteiger partial charge in [0.15, 0.2) is 17.4 Å². The van der Waals surface area contributed by atoms with Crippen molar-refractivity contribution in [2.45, 2.75) is 69.4 Å². The maximum absolute atomic E-state index is 14.3. The minimum Gasteiger partial charge on any atom is -0.503 e. The number of pyridine rings is 1. The lowest BCUT2D eigenvalue weighted by Gasteiger charge is -2.53. The molecule has 0 radical (unpaired) electrons. The van der Waals surface area contributed by atoms with Crippen molar-refractivity contribution >= 4 is 40.4 Å². The highest BCUT2D eigenvalue weighted by atomic mass is 19.2. The number of anilines is 1. The fourth-order valence-electron chi connectivity index (χ4n) is 10.2. The Morgan fingerprint density at radius 1 is 0.905 bits per heavy atom. The quantitative estimate of drug-likeness (QED) is 0.134. The molecule has 0 spiro atoms. The van der Waals surface area contributed by atoms with E-state index in [-0.39, 0.29) is 35.4 Å². The van der Waals surface area contributed by atoms with Crippen LogP contribution in [-0.4, -0.2) is 88.9 Å². The molecule has 15 nitrogen and oxygen atoms in total. The Morgan fingerprint density at radius 3 is 2.35 bits per heavy atom. The Bertz CT molecular complexity index is 2880. The van der Waals surface area contributed by atoms with Gasteiger partial charge < -0.3 is 19.7 Å². The molecular formula is C45H45F3N10O5. The van der Waals surface area contributed by atoms with Gasteiger partial charge in [-0.05, 0) is 91.8 Å². The van der Waals surface area contributed by atoms with Crippen molar-refractivity contribution in [2.24, 2.45) is 12.5 Å². The molecule has 18 heteroatoms. The molecule has 3 aliphatic carbocycles. The number of hydrogen-bond donors (Lipinski definition) is 3. The lowest BCUT2D eigenvalue weighted by Crippen LogP contribution is -2.49. The summed E-state index contributed by atoms with van der Waals surface area (Å²) in [5.74, 6) is -7.23. The first-order valence-electron chi connectivity index (χ1n) is 21.3. The Kier molecular flexibility index (Phi) is 9.87. The van der Waals surface area contributed by atoms with E-state index in [1.165, 1.54) is 4.57 Å². The number of rotatable bonds is 9. The van der Waals surface area contributed by atoms with Gasteiger partial charge in [-0.2, -0.15) is 4.39 Å². The number of aryl methyl sites for hydroxylation is 1. The largest absolute Gasteiger partial charge is 0.503 e. The Hall–Kier alpha value is -6.56. The Labute approximate surface area is 358 Å². The molecule has 3 N–H and O–H groups in total. The Morgan fingerprint density at radius 2 is 1.63 bits per heavy atom. The van der Waals surface area contributed by atoms with E-state index >= 15 is 0 Å². The number of phenols is 1. The predicted molar refractivity (Wildman–Crippen MR) is 224 cm³/mol. The molecule has 3 saturated carbocycles. The van der Waals surface area contributed by atoms with E-state index in [1.54, 1.807) is 11.6 Å². The van der Waals surface area contributed by atoms with E-state index in [1.807, 2.05) is 53.3 Å². The molecule has 5 aliphatic rings. The van der Waals surface area contributed by atoms with Crippen molar-refractivity contribution in [2.75, 3.05) is 37.6 Å². The number of nitrogens with one attached hydrogen (secondary N) is 2. The molecule has 326 valence electrons. The number of piperazine rings is 1. The van der Waals surface area contributed by atoms with Crippen LogP contribution in [0.5, 0.6) is 5.75 Å². The minimum absolute atomic E-state index is 0.109. The summed E-state index contributed by atoms with van der Waals surface area (Å²) in [5.41, 5.74) is 4.75. The molecular weight excluding hydrogens is 818 g/mol. The van der Waals surface area contributed by atoms with Crippen LogP contribution in [0.1, 0.15) is 79.0 Å². The second-order valence-corrected chi connectivity index (χ2v) is 17.7. The van der Waals surface area contributed by atoms with E-state index < -0.39 is 46.6 Å². The summed E-state index contributed by atoms with van der Waals surface area (Å²) in [7, 11) is 1.70. The van der Waals surface area contributed by atoms with Crippen LogP contribution < -0.4 is 21.2 Å². The minimum atomic E-state index is -1.78. The van der Waals surface area contributed by atoms with Gasteiger partial charge in [0.05, 0.1) is 22.3 Å². The first-order chi connectivity index (χ1) is 30.3. The molecule has 3 amide bonds. The number of nitrogens with zero attached hydrogens (tertiary/aromatic N) is 8. The number of amides is 3. The van der Waals surface area contributed by atoms with Gasteiger partial charge in [-0.25, -0.2) is 28.5 Å². The number of fused-ring (bicyclic) bond motifs is 5. The van der Waals surface area contributed by atoms with Crippen LogP contribution in [0, 0.1) is 22.9 Å². The fourth-order valence-corrected chi connectivity index (χ4v) is 10.2. The van der Waals surface area contributed by atoms with E-state index in [9.17, 15) is 37.5 Å². The van der Waals surface area contributed by atoms with Gasteiger partial charge in [0, 0.05) is 88.5 Å². The number of halogens is 3. The summed E-state index contributed by atoms with van der Waals surface area (Å²) < 4.78 is 47.2. The maximum Gasteiger partial charge on any atom is 0.329 e. The van der Waals surface area contributed by atoms with Gasteiger partial charge in [-0.1, -0.05) is 6.07 Å². The SMILES string of the molecule is Cn1c(=O)n(C2CCC(=O)NC2=O)c2ccc(CN3CCN(c4ncc(-c5ccn6cc(C78CCC(CNC(=O)c9cc(F)c(O)c(F)c9F)(CC7)CC8)nc6c5)cn4)CC3)cc21. The van der Waals surface area contributed by atoms with E-state index in [2.05, 4.69) is 26.6 Å². The smallest absolute Gasteiger partial charge is 0.329 e. The molecule has 5 fully saturated rings. The van der Waals surface area contributed by atoms with Gasteiger partial charge in [0.2, 0.25) is 23.6 Å². The number of carbonyl (C=O) groups is 3. The number of carbonyl (C=O) groups excluding carboxylic acids is 3. The Balaban J connectivity index is 0.747. The molecule has 2 bridgehead atoms. The zero-order valence-corrected chi connectivity index (χ0v) is 34.5. The van der Waals surface area contributed by atoms with Crippen LogP contribution in [0.2, 0.25) is 0 Å². The maximum atomic E-state index is 14.3. The normalized spacial score (nSPS) is 22.9. The van der Waals surface area contributed by atoms with Crippen molar-refractivity contribution in [3.05, 3.63) is 106 Å². The molecule has 2 aliphatic heterocycles. The average molecular weight is 863 g/mol. The van der Waals surface area contributed by atoms with Crippen LogP contribution in [0.25, 0.3) is 27.8 Å². The number of aromatic hydroxyl groups is 1. The molecule has 2 aromatic carbocycles. The fraction of sp³-hybridized carbons (Fsp3) is 0.400. The zero-order chi connectivity index (χ0) is 43.8. The van der Waals surface area contributed by atoms with Crippen molar-refractivity contribution in [1.29, 1.82) is 0 Å². The number of piperidine rings is 1. The second kappa shape index (κ2) is 15.4. The van der Waals surface area contributed by atoms with Crippen molar-refractivity contribution in [1.82, 2.24) is 44.0 Å². The first kappa shape index (κ1) is 40.5. The summed E-state index contributed by atoms with van der Waals surface area (Å²) in [6.45, 7) is 4.03. The molecule has 6 heterocycles. The van der Waals surface area contributed by atoms with E-state index in [4.69, 9.17) is 15.0 Å². The van der Waals surface area contributed by atoms with Crippen molar-refractivity contribution < 1.29 is 32.7 Å². The third kappa shape index (κ3) is 7.09. The third-order valence-corrected chi connectivity index (χ3v) is 14.1. The highest BCUT2D eigenvalue weighted by molar-refractivity contribution is 6.00. The summed E-state index contributed by atoms with van der Waals surface area (Å²) in [6, 6.07) is 9.74. The molecule has 2 saturated heterocycles. The number of aromatic nitrogens is 6.